The van der Waals surface area contributed by atoms with Gasteiger partial charge in [0.05, 0.1) is 10.5 Å². The van der Waals surface area contributed by atoms with E-state index in [-0.39, 0.29) is 5.57 Å². The molecule has 6 heteroatoms. The highest BCUT2D eigenvalue weighted by atomic mass is 35.5. The number of halogens is 1. The van der Waals surface area contributed by atoms with Crippen LogP contribution in [0.3, 0.4) is 0 Å². The van der Waals surface area contributed by atoms with Gasteiger partial charge in [-0.2, -0.15) is 0 Å². The lowest BCUT2D eigenvalue weighted by Gasteiger charge is -1.92. The SMILES string of the molecule is Nc1ncc(/C(=C\Cl)C(=O)O)s1. The average molecular weight is 205 g/mol. The molecule has 1 aromatic heterocycles. The molecule has 1 rings (SSSR count). The van der Waals surface area contributed by atoms with Gasteiger partial charge >= 0.3 is 5.97 Å². The van der Waals surface area contributed by atoms with Crippen LogP contribution in [0.1, 0.15) is 4.88 Å². The van der Waals surface area contributed by atoms with Crippen LogP contribution < -0.4 is 5.73 Å². The van der Waals surface area contributed by atoms with E-state index in [1.165, 1.54) is 6.20 Å². The van der Waals surface area contributed by atoms with Crippen molar-refractivity contribution in [3.8, 4) is 0 Å². The minimum absolute atomic E-state index is 0.00543. The van der Waals surface area contributed by atoms with Crippen LogP contribution >= 0.6 is 22.9 Å². The number of aliphatic carboxylic acids is 1. The monoisotopic (exact) mass is 204 g/mol. The molecule has 0 aliphatic carbocycles. The first kappa shape index (κ1) is 9.02. The maximum absolute atomic E-state index is 10.5. The highest BCUT2D eigenvalue weighted by Crippen LogP contribution is 2.23. The molecule has 0 bridgehead atoms. The molecule has 0 saturated heterocycles. The van der Waals surface area contributed by atoms with Crippen LogP contribution in [0.15, 0.2) is 11.7 Å². The topological polar surface area (TPSA) is 76.2 Å². The molecule has 0 aliphatic heterocycles. The Labute approximate surface area is 77.3 Å². The lowest BCUT2D eigenvalue weighted by molar-refractivity contribution is -0.130. The first-order valence-corrected chi connectivity index (χ1v) is 4.15. The molecule has 0 spiro atoms. The Morgan fingerprint density at radius 3 is 2.83 bits per heavy atom. The third kappa shape index (κ3) is 1.75. The lowest BCUT2D eigenvalue weighted by Crippen LogP contribution is -1.96. The van der Waals surface area contributed by atoms with E-state index in [1.807, 2.05) is 0 Å². The fourth-order valence-corrected chi connectivity index (χ4v) is 1.59. The quantitative estimate of drug-likeness (QED) is 0.714. The second-order valence-electron chi connectivity index (χ2n) is 1.89. The first-order valence-electron chi connectivity index (χ1n) is 2.90. The third-order valence-corrected chi connectivity index (χ3v) is 2.21. The smallest absolute Gasteiger partial charge is 0.338 e. The number of nitrogen functional groups attached to an aromatic ring is 1. The Hall–Kier alpha value is -1.07. The maximum Gasteiger partial charge on any atom is 0.338 e. The molecule has 0 unspecified atom stereocenters. The molecular weight excluding hydrogens is 200 g/mol. The Morgan fingerprint density at radius 2 is 2.50 bits per heavy atom. The summed E-state index contributed by atoms with van der Waals surface area (Å²) in [5.74, 6) is -1.09. The van der Waals surface area contributed by atoms with E-state index in [0.717, 1.165) is 16.9 Å². The average Bonchev–Trinajstić information content (AvgIpc) is 2.37. The number of carboxylic acids is 1. The molecule has 0 saturated carbocycles. The number of carboxylic acid groups (broad SMARTS) is 1. The third-order valence-electron chi connectivity index (χ3n) is 1.13. The fraction of sp³-hybridized carbons (Fsp3) is 0. The number of rotatable bonds is 2. The van der Waals surface area contributed by atoms with E-state index in [4.69, 9.17) is 22.4 Å². The van der Waals surface area contributed by atoms with Crippen LogP contribution in [-0.4, -0.2) is 16.1 Å². The van der Waals surface area contributed by atoms with Crippen molar-refractivity contribution in [2.75, 3.05) is 5.73 Å². The van der Waals surface area contributed by atoms with Gasteiger partial charge in [-0.15, -0.1) is 0 Å². The number of nitrogens with zero attached hydrogens (tertiary/aromatic N) is 1. The number of nitrogens with two attached hydrogens (primary N) is 1. The van der Waals surface area contributed by atoms with Crippen LogP contribution in [0.2, 0.25) is 0 Å². The summed E-state index contributed by atoms with van der Waals surface area (Å²) in [7, 11) is 0. The summed E-state index contributed by atoms with van der Waals surface area (Å²) in [6.45, 7) is 0. The first-order chi connectivity index (χ1) is 5.65. The zero-order chi connectivity index (χ0) is 9.14. The van der Waals surface area contributed by atoms with Crippen molar-refractivity contribution in [1.82, 2.24) is 4.98 Å². The zero-order valence-electron chi connectivity index (χ0n) is 5.82. The molecule has 0 atom stereocenters. The molecular formula is C6H5ClN2O2S. The van der Waals surface area contributed by atoms with Crippen molar-refractivity contribution < 1.29 is 9.90 Å². The van der Waals surface area contributed by atoms with Gasteiger partial charge in [-0.05, 0) is 0 Å². The van der Waals surface area contributed by atoms with E-state index in [0.29, 0.717) is 10.0 Å². The normalized spacial score (nSPS) is 11.6. The molecule has 3 N–H and O–H groups in total. The minimum Gasteiger partial charge on any atom is -0.478 e. The van der Waals surface area contributed by atoms with Crippen molar-refractivity contribution >= 4 is 39.6 Å². The van der Waals surface area contributed by atoms with E-state index in [2.05, 4.69) is 4.98 Å². The largest absolute Gasteiger partial charge is 0.478 e. The zero-order valence-corrected chi connectivity index (χ0v) is 7.39. The van der Waals surface area contributed by atoms with Gasteiger partial charge in [0.1, 0.15) is 0 Å². The fourth-order valence-electron chi connectivity index (χ4n) is 0.618. The summed E-state index contributed by atoms with van der Waals surface area (Å²) < 4.78 is 0. The van der Waals surface area contributed by atoms with Gasteiger partial charge in [-0.25, -0.2) is 9.78 Å². The molecule has 0 radical (unpaired) electrons. The van der Waals surface area contributed by atoms with Crippen LogP contribution in [0.5, 0.6) is 0 Å². The number of aromatic nitrogens is 1. The molecule has 64 valence electrons. The van der Waals surface area contributed by atoms with E-state index >= 15 is 0 Å². The number of thiazole rings is 1. The number of anilines is 1. The van der Waals surface area contributed by atoms with Gasteiger partial charge in [-0.1, -0.05) is 22.9 Å². The lowest BCUT2D eigenvalue weighted by atomic mass is 10.3. The van der Waals surface area contributed by atoms with Gasteiger partial charge in [0.15, 0.2) is 5.13 Å². The second kappa shape index (κ2) is 3.55. The predicted molar refractivity (Wildman–Crippen MR) is 48.0 cm³/mol. The highest BCUT2D eigenvalue weighted by molar-refractivity contribution is 7.16. The van der Waals surface area contributed by atoms with Crippen LogP contribution in [0.25, 0.3) is 5.57 Å². The minimum atomic E-state index is -1.09. The Kier molecular flexibility index (Phi) is 2.67. The maximum atomic E-state index is 10.5. The summed E-state index contributed by atoms with van der Waals surface area (Å²) >= 11 is 6.38. The predicted octanol–water partition coefficient (Wildman–Crippen LogP) is 1.39. The van der Waals surface area contributed by atoms with E-state index in [1.54, 1.807) is 0 Å². The van der Waals surface area contributed by atoms with Crippen molar-refractivity contribution in [2.45, 2.75) is 0 Å². The van der Waals surface area contributed by atoms with Crippen LogP contribution in [-0.2, 0) is 4.79 Å². The molecule has 12 heavy (non-hydrogen) atoms. The summed E-state index contributed by atoms with van der Waals surface area (Å²) in [6, 6.07) is 0. The summed E-state index contributed by atoms with van der Waals surface area (Å²) in [6.07, 6.45) is 1.38. The summed E-state index contributed by atoms with van der Waals surface area (Å²) in [5.41, 5.74) is 6.32. The van der Waals surface area contributed by atoms with Gasteiger partial charge in [0.2, 0.25) is 0 Å². The second-order valence-corrected chi connectivity index (χ2v) is 3.17. The van der Waals surface area contributed by atoms with Crippen molar-refractivity contribution in [3.05, 3.63) is 16.6 Å². The van der Waals surface area contributed by atoms with Crippen LogP contribution in [0.4, 0.5) is 5.13 Å². The van der Waals surface area contributed by atoms with E-state index < -0.39 is 5.97 Å². The van der Waals surface area contributed by atoms with E-state index in [9.17, 15) is 4.79 Å². The standard InChI is InChI=1S/C6H5ClN2O2S/c7-1-3(5(10)11)4-2-9-6(8)12-4/h1-2H,(H2,8,9)(H,10,11)/b3-1+. The number of hydrogen-bond acceptors (Lipinski definition) is 4. The highest BCUT2D eigenvalue weighted by Gasteiger charge is 2.12. The molecule has 1 aromatic rings. The van der Waals surface area contributed by atoms with Crippen molar-refractivity contribution in [3.63, 3.8) is 0 Å². The van der Waals surface area contributed by atoms with Crippen molar-refractivity contribution in [2.24, 2.45) is 0 Å². The van der Waals surface area contributed by atoms with Gasteiger partial charge in [0, 0.05) is 11.7 Å². The molecule has 1 heterocycles. The number of carbonyl (C=O) groups is 1. The molecule has 0 amide bonds. The summed E-state index contributed by atoms with van der Waals surface area (Å²) in [4.78, 5) is 14.7. The van der Waals surface area contributed by atoms with Gasteiger partial charge in [-0.3, -0.25) is 0 Å². The number of hydrogen-bond donors (Lipinski definition) is 2. The Bertz CT molecular complexity index is 334. The van der Waals surface area contributed by atoms with Gasteiger partial charge < -0.3 is 10.8 Å². The Morgan fingerprint density at radius 1 is 1.83 bits per heavy atom. The summed E-state index contributed by atoms with van der Waals surface area (Å²) in [5, 5.41) is 8.94. The van der Waals surface area contributed by atoms with Gasteiger partial charge in [0.25, 0.3) is 0 Å². The van der Waals surface area contributed by atoms with Crippen LogP contribution in [0, 0.1) is 0 Å². The molecule has 4 nitrogen and oxygen atoms in total. The molecule has 0 fully saturated rings. The van der Waals surface area contributed by atoms with Crippen molar-refractivity contribution in [1.29, 1.82) is 0 Å². The molecule has 0 aromatic carbocycles. The Balaban J connectivity index is 3.04. The molecule has 0 aliphatic rings.